The summed E-state index contributed by atoms with van der Waals surface area (Å²) in [4.78, 5) is 24.5. The Morgan fingerprint density at radius 2 is 1.83 bits per heavy atom. The third kappa shape index (κ3) is 4.21. The summed E-state index contributed by atoms with van der Waals surface area (Å²) in [5.74, 6) is 0.293. The number of ether oxygens (including phenoxy) is 3. The van der Waals surface area contributed by atoms with Gasteiger partial charge >= 0.3 is 5.97 Å². The SMILES string of the molecule is C[C@H](OC(=O)/C=C/c1ccc2c(c1)OCO2)C(=O)Nc1cccc2ccccc12. The largest absolute Gasteiger partial charge is 0.454 e. The highest BCUT2D eigenvalue weighted by Crippen LogP contribution is 2.32. The van der Waals surface area contributed by atoms with Crippen molar-refractivity contribution in [2.45, 2.75) is 13.0 Å². The fourth-order valence-corrected chi connectivity index (χ4v) is 3.02. The number of esters is 1. The lowest BCUT2D eigenvalue weighted by Crippen LogP contribution is -2.29. The first-order valence-corrected chi connectivity index (χ1v) is 9.17. The van der Waals surface area contributed by atoms with Crippen LogP contribution in [0.4, 0.5) is 5.69 Å². The molecule has 1 atom stereocenters. The van der Waals surface area contributed by atoms with Crippen LogP contribution in [0.5, 0.6) is 11.5 Å². The fraction of sp³-hybridized carbons (Fsp3) is 0.130. The van der Waals surface area contributed by atoms with E-state index in [4.69, 9.17) is 14.2 Å². The predicted octanol–water partition coefficient (Wildman–Crippen LogP) is 4.15. The van der Waals surface area contributed by atoms with Crippen molar-refractivity contribution in [2.24, 2.45) is 0 Å². The van der Waals surface area contributed by atoms with Crippen molar-refractivity contribution < 1.29 is 23.8 Å². The molecule has 0 fully saturated rings. The zero-order chi connectivity index (χ0) is 20.2. The smallest absolute Gasteiger partial charge is 0.331 e. The molecule has 3 aromatic rings. The summed E-state index contributed by atoms with van der Waals surface area (Å²) < 4.78 is 15.8. The van der Waals surface area contributed by atoms with Crippen LogP contribution in [0.1, 0.15) is 12.5 Å². The second-order valence-electron chi connectivity index (χ2n) is 6.54. The van der Waals surface area contributed by atoms with Crippen LogP contribution in [-0.4, -0.2) is 24.8 Å². The molecule has 146 valence electrons. The van der Waals surface area contributed by atoms with E-state index < -0.39 is 18.0 Å². The Bertz CT molecular complexity index is 1100. The Labute approximate surface area is 167 Å². The standard InChI is InChI=1S/C23H19NO5/c1-15(23(26)24-19-8-4-6-17-5-2-3-7-18(17)19)29-22(25)12-10-16-9-11-20-21(13-16)28-14-27-20/h2-13,15H,14H2,1H3,(H,24,26)/b12-10+/t15-/m0/s1. The molecule has 1 amide bonds. The molecule has 0 bridgehead atoms. The molecule has 6 heteroatoms. The zero-order valence-corrected chi connectivity index (χ0v) is 15.8. The van der Waals surface area contributed by atoms with Crippen molar-refractivity contribution in [2.75, 3.05) is 12.1 Å². The Kier molecular flexibility index (Phi) is 5.16. The number of fused-ring (bicyclic) bond motifs is 2. The Morgan fingerprint density at radius 3 is 2.72 bits per heavy atom. The maximum atomic E-state index is 12.5. The van der Waals surface area contributed by atoms with E-state index in [0.717, 1.165) is 16.3 Å². The van der Waals surface area contributed by atoms with Gasteiger partial charge in [-0.3, -0.25) is 4.79 Å². The van der Waals surface area contributed by atoms with Gasteiger partial charge < -0.3 is 19.5 Å². The molecule has 0 unspecified atom stereocenters. The van der Waals surface area contributed by atoms with E-state index in [0.29, 0.717) is 17.2 Å². The van der Waals surface area contributed by atoms with Crippen molar-refractivity contribution in [3.63, 3.8) is 0 Å². The summed E-state index contributed by atoms with van der Waals surface area (Å²) in [6.07, 6.45) is 1.93. The molecule has 3 aromatic carbocycles. The molecule has 0 saturated heterocycles. The highest BCUT2D eigenvalue weighted by molar-refractivity contribution is 6.04. The van der Waals surface area contributed by atoms with Gasteiger partial charge in [0.2, 0.25) is 6.79 Å². The normalized spacial score (nSPS) is 13.4. The minimum atomic E-state index is -0.942. The van der Waals surface area contributed by atoms with Crippen LogP contribution < -0.4 is 14.8 Å². The quantitative estimate of drug-likeness (QED) is 0.524. The van der Waals surface area contributed by atoms with Gasteiger partial charge in [-0.2, -0.15) is 0 Å². The number of hydrogen-bond acceptors (Lipinski definition) is 5. The number of nitrogens with one attached hydrogen (secondary N) is 1. The molecular weight excluding hydrogens is 370 g/mol. The molecule has 1 aliphatic rings. The second kappa shape index (κ2) is 8.06. The van der Waals surface area contributed by atoms with Crippen molar-refractivity contribution in [3.8, 4) is 11.5 Å². The number of benzene rings is 3. The third-order valence-corrected chi connectivity index (χ3v) is 4.52. The lowest BCUT2D eigenvalue weighted by Gasteiger charge is -2.14. The van der Waals surface area contributed by atoms with E-state index in [1.165, 1.54) is 13.0 Å². The molecule has 1 heterocycles. The van der Waals surface area contributed by atoms with Gasteiger partial charge in [-0.15, -0.1) is 0 Å². The van der Waals surface area contributed by atoms with Gasteiger partial charge in [0, 0.05) is 17.1 Å². The van der Waals surface area contributed by atoms with E-state index in [9.17, 15) is 9.59 Å². The number of hydrogen-bond donors (Lipinski definition) is 1. The minimum absolute atomic E-state index is 0.188. The van der Waals surface area contributed by atoms with Gasteiger partial charge in [-0.1, -0.05) is 42.5 Å². The Balaban J connectivity index is 1.37. The van der Waals surface area contributed by atoms with Gasteiger partial charge in [0.25, 0.3) is 5.91 Å². The number of amides is 1. The number of carbonyl (C=O) groups excluding carboxylic acids is 2. The van der Waals surface area contributed by atoms with Crippen molar-refractivity contribution in [3.05, 3.63) is 72.3 Å². The topological polar surface area (TPSA) is 73.9 Å². The number of anilines is 1. The highest BCUT2D eigenvalue weighted by Gasteiger charge is 2.18. The third-order valence-electron chi connectivity index (χ3n) is 4.52. The minimum Gasteiger partial charge on any atom is -0.454 e. The van der Waals surface area contributed by atoms with Gasteiger partial charge in [0.05, 0.1) is 0 Å². The maximum absolute atomic E-state index is 12.5. The van der Waals surface area contributed by atoms with Crippen LogP contribution in [0.15, 0.2) is 66.7 Å². The summed E-state index contributed by atoms with van der Waals surface area (Å²) in [7, 11) is 0. The molecule has 6 nitrogen and oxygen atoms in total. The van der Waals surface area contributed by atoms with E-state index in [1.54, 1.807) is 24.3 Å². The summed E-state index contributed by atoms with van der Waals surface area (Å²) in [5.41, 5.74) is 1.44. The molecule has 0 aliphatic carbocycles. The van der Waals surface area contributed by atoms with E-state index >= 15 is 0 Å². The van der Waals surface area contributed by atoms with Crippen LogP contribution in [0.25, 0.3) is 16.8 Å². The molecule has 0 spiro atoms. The van der Waals surface area contributed by atoms with Crippen LogP contribution in [0.3, 0.4) is 0 Å². The van der Waals surface area contributed by atoms with Gasteiger partial charge in [-0.25, -0.2) is 4.79 Å². The number of carbonyl (C=O) groups is 2. The monoisotopic (exact) mass is 389 g/mol. The first-order chi connectivity index (χ1) is 14.1. The molecule has 1 aliphatic heterocycles. The van der Waals surface area contributed by atoms with Crippen LogP contribution in [0, 0.1) is 0 Å². The lowest BCUT2D eigenvalue weighted by atomic mass is 10.1. The summed E-state index contributed by atoms with van der Waals surface area (Å²) in [6, 6.07) is 18.7. The van der Waals surface area contributed by atoms with Gasteiger partial charge in [0.1, 0.15) is 0 Å². The molecule has 0 saturated carbocycles. The van der Waals surface area contributed by atoms with E-state index in [-0.39, 0.29) is 6.79 Å². The first-order valence-electron chi connectivity index (χ1n) is 9.17. The molecule has 1 N–H and O–H groups in total. The van der Waals surface area contributed by atoms with Crippen molar-refractivity contribution in [1.82, 2.24) is 0 Å². The Morgan fingerprint density at radius 1 is 1.03 bits per heavy atom. The number of rotatable bonds is 5. The molecular formula is C23H19NO5. The van der Waals surface area contributed by atoms with Crippen LogP contribution >= 0.6 is 0 Å². The van der Waals surface area contributed by atoms with Crippen LogP contribution in [-0.2, 0) is 14.3 Å². The summed E-state index contributed by atoms with van der Waals surface area (Å²) in [5, 5.41) is 4.76. The second-order valence-corrected chi connectivity index (χ2v) is 6.54. The van der Waals surface area contributed by atoms with E-state index in [1.807, 2.05) is 42.5 Å². The average Bonchev–Trinajstić information content (AvgIpc) is 3.20. The van der Waals surface area contributed by atoms with Crippen molar-refractivity contribution in [1.29, 1.82) is 0 Å². The van der Waals surface area contributed by atoms with Crippen LogP contribution in [0.2, 0.25) is 0 Å². The zero-order valence-electron chi connectivity index (χ0n) is 15.8. The molecule has 0 radical (unpaired) electrons. The van der Waals surface area contributed by atoms with Gasteiger partial charge in [0.15, 0.2) is 17.6 Å². The highest BCUT2D eigenvalue weighted by atomic mass is 16.7. The fourth-order valence-electron chi connectivity index (χ4n) is 3.02. The molecule has 4 rings (SSSR count). The molecule has 0 aromatic heterocycles. The first kappa shape index (κ1) is 18.6. The maximum Gasteiger partial charge on any atom is 0.331 e. The average molecular weight is 389 g/mol. The molecule has 29 heavy (non-hydrogen) atoms. The summed E-state index contributed by atoms with van der Waals surface area (Å²) in [6.45, 7) is 1.72. The Hall–Kier alpha value is -3.80. The van der Waals surface area contributed by atoms with E-state index in [2.05, 4.69) is 5.32 Å². The van der Waals surface area contributed by atoms with Crippen molar-refractivity contribution >= 4 is 34.4 Å². The summed E-state index contributed by atoms with van der Waals surface area (Å²) >= 11 is 0. The van der Waals surface area contributed by atoms with Gasteiger partial charge in [-0.05, 0) is 42.1 Å². The predicted molar refractivity (Wildman–Crippen MR) is 110 cm³/mol. The lowest BCUT2D eigenvalue weighted by molar-refractivity contribution is -0.148.